The van der Waals surface area contributed by atoms with Crippen molar-refractivity contribution in [2.75, 3.05) is 0 Å². The normalized spacial score (nSPS) is 12.7. The molecule has 0 aliphatic carbocycles. The Morgan fingerprint density at radius 2 is 0.857 bits per heavy atom. The van der Waals surface area contributed by atoms with E-state index in [-0.39, 0.29) is 0 Å². The molecule has 28 heavy (non-hydrogen) atoms. The highest BCUT2D eigenvalue weighted by Crippen LogP contribution is 2.31. The second kappa shape index (κ2) is 7.82. The van der Waals surface area contributed by atoms with Gasteiger partial charge in [-0.25, -0.2) is 17.6 Å². The second-order valence-electron chi connectivity index (χ2n) is 5.58. The molecule has 12 heteroatoms. The zero-order valence-corrected chi connectivity index (χ0v) is 14.1. The molecule has 0 aliphatic rings. The number of halogens is 10. The Bertz CT molecular complexity index is 757. The summed E-state index contributed by atoms with van der Waals surface area (Å²) in [5, 5.41) is 0. The molecule has 0 aromatic heterocycles. The van der Waals surface area contributed by atoms with Gasteiger partial charge in [-0.1, -0.05) is 0 Å². The van der Waals surface area contributed by atoms with E-state index in [0.29, 0.717) is 24.3 Å². The van der Waals surface area contributed by atoms with Gasteiger partial charge in [0.1, 0.15) is 23.3 Å². The van der Waals surface area contributed by atoms with Gasteiger partial charge in [-0.2, -0.15) is 26.3 Å². The van der Waals surface area contributed by atoms with Crippen LogP contribution in [0.4, 0.5) is 43.9 Å². The Morgan fingerprint density at radius 3 is 1.07 bits per heavy atom. The van der Waals surface area contributed by atoms with Crippen LogP contribution in [-0.4, -0.2) is 16.9 Å². The predicted octanol–water partition coefficient (Wildman–Crippen LogP) is 5.62. The fourth-order valence-electron chi connectivity index (χ4n) is 2.25. The largest absolute Gasteiger partial charge is 0.606 e. The molecule has 0 saturated heterocycles. The summed E-state index contributed by atoms with van der Waals surface area (Å²) in [6, 6.07) is 1.17. The number of hydrogen-bond donors (Lipinski definition) is 0. The molecule has 0 unspecified atom stereocenters. The molecule has 0 fully saturated rings. The van der Waals surface area contributed by atoms with Crippen molar-refractivity contribution in [3.05, 3.63) is 58.7 Å². The molecular weight excluding hydrogens is 430 g/mol. The molecule has 0 bridgehead atoms. The van der Waals surface area contributed by atoms with Gasteiger partial charge in [-0.05, 0) is 0 Å². The molecule has 154 valence electrons. The lowest BCUT2D eigenvalue weighted by Crippen LogP contribution is -2.16. The summed E-state index contributed by atoms with van der Waals surface area (Å²) >= 11 is -2.67. The molecule has 2 aromatic carbocycles. The molecule has 0 saturated carbocycles. The van der Waals surface area contributed by atoms with E-state index in [1.165, 1.54) is 0 Å². The molecule has 0 atom stereocenters. The predicted molar refractivity (Wildman–Crippen MR) is 76.9 cm³/mol. The summed E-state index contributed by atoms with van der Waals surface area (Å²) in [6.45, 7) is 0. The molecule has 0 radical (unpaired) electrons. The lowest BCUT2D eigenvalue weighted by atomic mass is 10.1. The van der Waals surface area contributed by atoms with E-state index in [1.807, 2.05) is 0 Å². The van der Waals surface area contributed by atoms with Crippen molar-refractivity contribution in [2.45, 2.75) is 35.0 Å². The lowest BCUT2D eigenvalue weighted by molar-refractivity contribution is -0.129. The van der Waals surface area contributed by atoms with Gasteiger partial charge in [0, 0.05) is 46.6 Å². The van der Waals surface area contributed by atoms with Crippen LogP contribution in [0.3, 0.4) is 0 Å². The topological polar surface area (TPSA) is 23.1 Å². The number of benzene rings is 2. The molecule has 2 aromatic rings. The van der Waals surface area contributed by atoms with Crippen molar-refractivity contribution in [3.8, 4) is 0 Å². The zero-order valence-electron chi connectivity index (χ0n) is 13.3. The Balaban J connectivity index is 2.40. The summed E-state index contributed by atoms with van der Waals surface area (Å²) in [5.41, 5.74) is -2.68. The lowest BCUT2D eigenvalue weighted by Gasteiger charge is -2.15. The third-order valence-corrected chi connectivity index (χ3v) is 4.74. The molecule has 0 heterocycles. The van der Waals surface area contributed by atoms with Crippen LogP contribution in [0.2, 0.25) is 0 Å². The molecule has 0 amide bonds. The van der Waals surface area contributed by atoms with E-state index >= 15 is 0 Å². The molecular formula is C16H8F10OS. The minimum atomic E-state index is -4.93. The van der Waals surface area contributed by atoms with Gasteiger partial charge in [-0.3, -0.25) is 0 Å². The van der Waals surface area contributed by atoms with Gasteiger partial charge >= 0.3 is 12.4 Å². The van der Waals surface area contributed by atoms with E-state index in [1.54, 1.807) is 0 Å². The molecule has 1 nitrogen and oxygen atoms in total. The highest BCUT2D eigenvalue weighted by Gasteiger charge is 2.34. The maximum Gasteiger partial charge on any atom is 0.393 e. The van der Waals surface area contributed by atoms with Gasteiger partial charge in [0.25, 0.3) is 0 Å². The molecule has 0 spiro atoms. The fourth-order valence-corrected chi connectivity index (χ4v) is 3.36. The molecule has 0 N–H and O–H groups in total. The van der Waals surface area contributed by atoms with E-state index in [4.69, 9.17) is 0 Å². The maximum atomic E-state index is 13.8. The first-order chi connectivity index (χ1) is 12.7. The van der Waals surface area contributed by atoms with Crippen LogP contribution in [0, 0.1) is 23.3 Å². The smallest absolute Gasteiger partial charge is 0.393 e. The maximum absolute atomic E-state index is 13.8. The second-order valence-corrected chi connectivity index (χ2v) is 7.06. The zero-order chi connectivity index (χ0) is 21.4. The summed E-state index contributed by atoms with van der Waals surface area (Å²) < 4.78 is 141. The van der Waals surface area contributed by atoms with Crippen LogP contribution < -0.4 is 0 Å². The highest BCUT2D eigenvalue weighted by molar-refractivity contribution is 7.91. The summed E-state index contributed by atoms with van der Waals surface area (Å²) in [4.78, 5) is -1.52. The quantitative estimate of drug-likeness (QED) is 0.449. The van der Waals surface area contributed by atoms with Crippen LogP contribution in [0.15, 0.2) is 34.1 Å². The first kappa shape index (κ1) is 22.3. The van der Waals surface area contributed by atoms with E-state index in [9.17, 15) is 48.5 Å². The summed E-state index contributed by atoms with van der Waals surface area (Å²) in [5.74, 6) is -6.74. The Labute approximate surface area is 154 Å². The van der Waals surface area contributed by atoms with Crippen molar-refractivity contribution >= 4 is 11.2 Å². The van der Waals surface area contributed by atoms with Gasteiger partial charge in [-0.15, -0.1) is 0 Å². The fraction of sp³-hybridized carbons (Fsp3) is 0.250. The van der Waals surface area contributed by atoms with Gasteiger partial charge in [0.05, 0.1) is 12.8 Å². The SMILES string of the molecule is [O-][S+](c1cc(F)c(CC(F)(F)F)c(F)c1)c1cc(F)c(CC(F)(F)F)c(F)c1. The van der Waals surface area contributed by atoms with Gasteiger partial charge < -0.3 is 4.55 Å². The molecule has 2 rings (SSSR count). The van der Waals surface area contributed by atoms with Crippen LogP contribution in [-0.2, 0) is 24.0 Å². The first-order valence-corrected chi connectivity index (χ1v) is 8.34. The highest BCUT2D eigenvalue weighted by atomic mass is 32.2. The van der Waals surface area contributed by atoms with E-state index in [0.717, 1.165) is 0 Å². The first-order valence-electron chi connectivity index (χ1n) is 7.19. The molecule has 0 aliphatic heterocycles. The summed E-state index contributed by atoms with van der Waals surface area (Å²) in [7, 11) is 0. The third kappa shape index (κ3) is 5.53. The number of hydrogen-bond acceptors (Lipinski definition) is 1. The van der Waals surface area contributed by atoms with E-state index in [2.05, 4.69) is 0 Å². The van der Waals surface area contributed by atoms with Crippen LogP contribution >= 0.6 is 0 Å². The minimum absolute atomic E-state index is 0.291. The van der Waals surface area contributed by atoms with Gasteiger partial charge in [0.15, 0.2) is 9.79 Å². The van der Waals surface area contributed by atoms with Crippen molar-refractivity contribution in [1.29, 1.82) is 0 Å². The Hall–Kier alpha value is -1.95. The van der Waals surface area contributed by atoms with Crippen molar-refractivity contribution in [3.63, 3.8) is 0 Å². The number of alkyl halides is 6. The standard InChI is InChI=1S/C16H8F10OS/c17-11-1-7(2-12(18)9(11)5-15(21,22)23)28(27)8-3-13(19)10(14(20)4-8)6-16(24,25)26/h1-4H,5-6H2. The average molecular weight is 438 g/mol. The van der Waals surface area contributed by atoms with Crippen LogP contribution in [0.25, 0.3) is 0 Å². The van der Waals surface area contributed by atoms with Crippen molar-refractivity contribution < 1.29 is 48.5 Å². The Morgan fingerprint density at radius 1 is 0.607 bits per heavy atom. The van der Waals surface area contributed by atoms with Gasteiger partial charge in [0.2, 0.25) is 0 Å². The minimum Gasteiger partial charge on any atom is -0.606 e. The Kier molecular flexibility index (Phi) is 6.24. The summed E-state index contributed by atoms with van der Waals surface area (Å²) in [6.07, 6.45) is -13.7. The third-order valence-electron chi connectivity index (χ3n) is 3.41. The number of rotatable bonds is 4. The van der Waals surface area contributed by atoms with Crippen molar-refractivity contribution in [1.82, 2.24) is 0 Å². The van der Waals surface area contributed by atoms with Crippen LogP contribution in [0.1, 0.15) is 11.1 Å². The average Bonchev–Trinajstić information content (AvgIpc) is 2.51. The van der Waals surface area contributed by atoms with Crippen molar-refractivity contribution in [2.24, 2.45) is 0 Å². The monoisotopic (exact) mass is 438 g/mol. The van der Waals surface area contributed by atoms with E-state index < -0.39 is 80.6 Å². The van der Waals surface area contributed by atoms with Crippen LogP contribution in [0.5, 0.6) is 0 Å².